The van der Waals surface area contributed by atoms with Gasteiger partial charge in [0.2, 0.25) is 0 Å². The molecule has 0 saturated heterocycles. The van der Waals surface area contributed by atoms with Gasteiger partial charge in [0, 0.05) is 11.1 Å². The number of rotatable bonds is 6. The minimum atomic E-state index is -0.234. The fourth-order valence-electron chi connectivity index (χ4n) is 3.26. The molecule has 1 heterocycles. The molecule has 0 saturated carbocycles. The molecule has 0 aliphatic heterocycles. The van der Waals surface area contributed by atoms with Crippen LogP contribution in [0.4, 0.5) is 0 Å². The van der Waals surface area contributed by atoms with E-state index < -0.39 is 0 Å². The number of aromatic nitrogens is 3. The Morgan fingerprint density at radius 2 is 1.73 bits per heavy atom. The van der Waals surface area contributed by atoms with Gasteiger partial charge in [-0.2, -0.15) is 9.67 Å². The van der Waals surface area contributed by atoms with E-state index in [0.29, 0.717) is 23.9 Å². The standard InChI is InChI=1S/C25H25N3O2/c1-4-18-9-11-20(12-10-18)23-26-25(30-16-17(2)3)27-28(23)24(29)22-14-13-19-7-5-6-8-21(19)15-22/h5-15,17H,4,16H2,1-3H3. The van der Waals surface area contributed by atoms with Gasteiger partial charge >= 0.3 is 6.01 Å². The number of benzene rings is 3. The van der Waals surface area contributed by atoms with E-state index in [1.54, 1.807) is 0 Å². The van der Waals surface area contributed by atoms with Gasteiger partial charge in [0.05, 0.1) is 6.61 Å². The van der Waals surface area contributed by atoms with Crippen molar-refractivity contribution < 1.29 is 9.53 Å². The Morgan fingerprint density at radius 1 is 1.00 bits per heavy atom. The first kappa shape index (κ1) is 19.8. The molecule has 5 nitrogen and oxygen atoms in total. The van der Waals surface area contributed by atoms with E-state index in [0.717, 1.165) is 22.8 Å². The lowest BCUT2D eigenvalue weighted by Gasteiger charge is -2.06. The smallest absolute Gasteiger partial charge is 0.336 e. The Labute approximate surface area is 176 Å². The zero-order valence-electron chi connectivity index (χ0n) is 17.5. The van der Waals surface area contributed by atoms with Crippen molar-refractivity contribution in [1.29, 1.82) is 0 Å². The van der Waals surface area contributed by atoms with E-state index in [1.807, 2.05) is 66.7 Å². The molecule has 4 aromatic rings. The van der Waals surface area contributed by atoms with Crippen LogP contribution in [0.25, 0.3) is 22.2 Å². The molecule has 0 spiro atoms. The number of nitrogens with zero attached hydrogens (tertiary/aromatic N) is 3. The number of aryl methyl sites for hydroxylation is 1. The topological polar surface area (TPSA) is 57.0 Å². The molecule has 0 radical (unpaired) electrons. The SMILES string of the molecule is CCc1ccc(-c2nc(OCC(C)C)nn2C(=O)c2ccc3ccccc3c2)cc1. The summed E-state index contributed by atoms with van der Waals surface area (Å²) in [4.78, 5) is 17.9. The average Bonchev–Trinajstić information content (AvgIpc) is 3.21. The lowest BCUT2D eigenvalue weighted by molar-refractivity contribution is 0.0944. The molecule has 5 heteroatoms. The Kier molecular flexibility index (Phi) is 5.61. The molecule has 0 aliphatic carbocycles. The minimum Gasteiger partial charge on any atom is -0.462 e. The zero-order valence-corrected chi connectivity index (χ0v) is 17.5. The maximum Gasteiger partial charge on any atom is 0.336 e. The molecule has 0 fully saturated rings. The van der Waals surface area contributed by atoms with Gasteiger partial charge in [-0.15, -0.1) is 5.10 Å². The van der Waals surface area contributed by atoms with Crippen LogP contribution in [0.2, 0.25) is 0 Å². The van der Waals surface area contributed by atoms with Gasteiger partial charge in [0.15, 0.2) is 5.82 Å². The predicted octanol–water partition coefficient (Wildman–Crippen LogP) is 5.38. The molecule has 3 aromatic carbocycles. The predicted molar refractivity (Wildman–Crippen MR) is 119 cm³/mol. The summed E-state index contributed by atoms with van der Waals surface area (Å²) >= 11 is 0. The van der Waals surface area contributed by atoms with Gasteiger partial charge in [0.1, 0.15) is 0 Å². The van der Waals surface area contributed by atoms with E-state index in [9.17, 15) is 4.79 Å². The molecule has 0 N–H and O–H groups in total. The number of ether oxygens (including phenoxy) is 1. The van der Waals surface area contributed by atoms with Gasteiger partial charge in [-0.05, 0) is 40.8 Å². The van der Waals surface area contributed by atoms with Crippen LogP contribution in [0, 0.1) is 5.92 Å². The Balaban J connectivity index is 1.75. The highest BCUT2D eigenvalue weighted by Gasteiger charge is 2.20. The molecule has 1 aromatic heterocycles. The van der Waals surface area contributed by atoms with Crippen molar-refractivity contribution in [2.45, 2.75) is 27.2 Å². The third-order valence-corrected chi connectivity index (χ3v) is 4.94. The number of carbonyl (C=O) groups is 1. The highest BCUT2D eigenvalue weighted by molar-refractivity contribution is 6.00. The first-order chi connectivity index (χ1) is 14.5. The second-order valence-electron chi connectivity index (χ2n) is 7.75. The van der Waals surface area contributed by atoms with E-state index in [1.165, 1.54) is 10.2 Å². The van der Waals surface area contributed by atoms with Crippen molar-refractivity contribution in [1.82, 2.24) is 14.8 Å². The normalized spacial score (nSPS) is 11.2. The van der Waals surface area contributed by atoms with Crippen LogP contribution in [-0.2, 0) is 6.42 Å². The fourth-order valence-corrected chi connectivity index (χ4v) is 3.26. The van der Waals surface area contributed by atoms with E-state index in [2.05, 4.69) is 30.9 Å². The lowest BCUT2D eigenvalue weighted by Crippen LogP contribution is -2.15. The quantitative estimate of drug-likeness (QED) is 0.436. The van der Waals surface area contributed by atoms with E-state index in [4.69, 9.17) is 4.74 Å². The van der Waals surface area contributed by atoms with Crippen molar-refractivity contribution >= 4 is 16.7 Å². The van der Waals surface area contributed by atoms with Crippen molar-refractivity contribution in [2.24, 2.45) is 5.92 Å². The Bertz CT molecular complexity index is 1180. The minimum absolute atomic E-state index is 0.215. The van der Waals surface area contributed by atoms with Crippen LogP contribution in [-0.4, -0.2) is 27.3 Å². The van der Waals surface area contributed by atoms with Crippen LogP contribution < -0.4 is 4.74 Å². The van der Waals surface area contributed by atoms with Crippen LogP contribution in [0.1, 0.15) is 36.7 Å². The van der Waals surface area contributed by atoms with Gasteiger partial charge in [-0.25, -0.2) is 0 Å². The molecule has 4 rings (SSSR count). The summed E-state index contributed by atoms with van der Waals surface area (Å²) in [6.07, 6.45) is 0.950. The van der Waals surface area contributed by atoms with Crippen LogP contribution in [0.3, 0.4) is 0 Å². The summed E-state index contributed by atoms with van der Waals surface area (Å²) in [6, 6.07) is 21.9. The summed E-state index contributed by atoms with van der Waals surface area (Å²) in [5.41, 5.74) is 2.61. The molecular formula is C25H25N3O2. The molecule has 0 aliphatic rings. The summed E-state index contributed by atoms with van der Waals surface area (Å²) in [5, 5.41) is 6.49. The van der Waals surface area contributed by atoms with Crippen molar-refractivity contribution in [3.63, 3.8) is 0 Å². The largest absolute Gasteiger partial charge is 0.462 e. The Hall–Kier alpha value is -3.47. The van der Waals surface area contributed by atoms with Gasteiger partial charge in [-0.1, -0.05) is 75.4 Å². The van der Waals surface area contributed by atoms with Gasteiger partial charge in [-0.3, -0.25) is 4.79 Å². The molecule has 0 atom stereocenters. The first-order valence-electron chi connectivity index (χ1n) is 10.3. The maximum atomic E-state index is 13.4. The van der Waals surface area contributed by atoms with E-state index in [-0.39, 0.29) is 11.9 Å². The lowest BCUT2D eigenvalue weighted by atomic mass is 10.1. The van der Waals surface area contributed by atoms with Crippen molar-refractivity contribution in [3.05, 3.63) is 77.9 Å². The maximum absolute atomic E-state index is 13.4. The van der Waals surface area contributed by atoms with Crippen LogP contribution in [0.15, 0.2) is 66.7 Å². The van der Waals surface area contributed by atoms with Crippen molar-refractivity contribution in [2.75, 3.05) is 6.61 Å². The highest BCUT2D eigenvalue weighted by Crippen LogP contribution is 2.23. The Morgan fingerprint density at radius 3 is 2.43 bits per heavy atom. The molecular weight excluding hydrogens is 374 g/mol. The summed E-state index contributed by atoms with van der Waals surface area (Å²) < 4.78 is 7.06. The molecule has 30 heavy (non-hydrogen) atoms. The third-order valence-electron chi connectivity index (χ3n) is 4.94. The number of carbonyl (C=O) groups excluding carboxylic acids is 1. The summed E-state index contributed by atoms with van der Waals surface area (Å²) in [6.45, 7) is 6.71. The monoisotopic (exact) mass is 399 g/mol. The number of fused-ring (bicyclic) bond motifs is 1. The van der Waals surface area contributed by atoms with Gasteiger partial charge < -0.3 is 4.74 Å². The average molecular weight is 399 g/mol. The van der Waals surface area contributed by atoms with Crippen LogP contribution in [0.5, 0.6) is 6.01 Å². The first-order valence-corrected chi connectivity index (χ1v) is 10.3. The summed E-state index contributed by atoms with van der Waals surface area (Å²) in [5.74, 6) is 0.581. The molecule has 152 valence electrons. The van der Waals surface area contributed by atoms with Gasteiger partial charge in [0.25, 0.3) is 5.91 Å². The number of hydrogen-bond acceptors (Lipinski definition) is 4. The zero-order chi connectivity index (χ0) is 21.1. The van der Waals surface area contributed by atoms with Crippen molar-refractivity contribution in [3.8, 4) is 17.4 Å². The number of hydrogen-bond donors (Lipinski definition) is 0. The third kappa shape index (κ3) is 4.10. The highest BCUT2D eigenvalue weighted by atomic mass is 16.5. The second kappa shape index (κ2) is 8.49. The van der Waals surface area contributed by atoms with Crippen LogP contribution >= 0.6 is 0 Å². The fraction of sp³-hybridized carbons (Fsp3) is 0.240. The molecule has 0 bridgehead atoms. The summed E-state index contributed by atoms with van der Waals surface area (Å²) in [7, 11) is 0. The second-order valence-corrected chi connectivity index (χ2v) is 7.75. The van der Waals surface area contributed by atoms with E-state index >= 15 is 0 Å². The molecule has 0 unspecified atom stereocenters. The molecule has 0 amide bonds.